The molecular weight excluding hydrogens is 284 g/mol. The van der Waals surface area contributed by atoms with E-state index in [0.29, 0.717) is 5.56 Å². The van der Waals surface area contributed by atoms with Crippen LogP contribution in [0.2, 0.25) is 5.15 Å². The topological polar surface area (TPSA) is 77.5 Å². The van der Waals surface area contributed by atoms with Gasteiger partial charge in [-0.15, -0.1) is 0 Å². The zero-order chi connectivity index (χ0) is 15.5. The third kappa shape index (κ3) is 4.09. The minimum absolute atomic E-state index is 0.0122. The molecule has 0 radical (unpaired) electrons. The molecule has 0 spiro atoms. The van der Waals surface area contributed by atoms with Gasteiger partial charge in [0.1, 0.15) is 5.60 Å². The Kier molecular flexibility index (Phi) is 4.94. The van der Waals surface area contributed by atoms with E-state index in [-0.39, 0.29) is 16.4 Å². The van der Waals surface area contributed by atoms with Crippen molar-refractivity contribution in [2.24, 2.45) is 0 Å². The molecule has 0 aliphatic rings. The number of nitrogens with one attached hydrogen (secondary N) is 1. The summed E-state index contributed by atoms with van der Waals surface area (Å²) in [6.07, 6.45) is 0.700. The number of aromatic nitrogens is 1. The first-order valence-electron chi connectivity index (χ1n) is 5.89. The van der Waals surface area contributed by atoms with Gasteiger partial charge < -0.3 is 9.47 Å². The van der Waals surface area contributed by atoms with E-state index in [9.17, 15) is 9.59 Å². The van der Waals surface area contributed by atoms with Crippen molar-refractivity contribution in [1.29, 1.82) is 0 Å². The molecular formula is C13H17ClN2O4. The van der Waals surface area contributed by atoms with E-state index in [0.717, 1.165) is 0 Å². The fraction of sp³-hybridized carbons (Fsp3) is 0.462. The van der Waals surface area contributed by atoms with Gasteiger partial charge in [0, 0.05) is 6.20 Å². The van der Waals surface area contributed by atoms with Crippen LogP contribution < -0.4 is 5.32 Å². The molecule has 0 aliphatic carbocycles. The number of nitrogens with zero attached hydrogens (tertiary/aromatic N) is 1. The van der Waals surface area contributed by atoms with Crippen LogP contribution in [0.15, 0.2) is 6.20 Å². The fourth-order valence-corrected chi connectivity index (χ4v) is 1.66. The molecule has 110 valence electrons. The number of anilines is 1. The highest BCUT2D eigenvalue weighted by Gasteiger charge is 2.23. The fourth-order valence-electron chi connectivity index (χ4n) is 1.47. The lowest BCUT2D eigenvalue weighted by Crippen LogP contribution is -2.28. The van der Waals surface area contributed by atoms with Crippen molar-refractivity contribution in [3.8, 4) is 0 Å². The first-order valence-corrected chi connectivity index (χ1v) is 6.27. The van der Waals surface area contributed by atoms with E-state index in [1.807, 2.05) is 0 Å². The second kappa shape index (κ2) is 6.09. The summed E-state index contributed by atoms with van der Waals surface area (Å²) in [4.78, 5) is 27.4. The number of rotatable bonds is 2. The number of carbonyl (C=O) groups excluding carboxylic acids is 2. The molecule has 0 aliphatic heterocycles. The van der Waals surface area contributed by atoms with Gasteiger partial charge >= 0.3 is 12.1 Å². The maximum atomic E-state index is 11.8. The monoisotopic (exact) mass is 300 g/mol. The average molecular weight is 301 g/mol. The van der Waals surface area contributed by atoms with Gasteiger partial charge in [-0.2, -0.15) is 0 Å². The van der Waals surface area contributed by atoms with Gasteiger partial charge in [0.2, 0.25) is 0 Å². The van der Waals surface area contributed by atoms with E-state index < -0.39 is 17.7 Å². The first-order chi connectivity index (χ1) is 9.15. The van der Waals surface area contributed by atoms with Gasteiger partial charge in [-0.3, -0.25) is 5.32 Å². The summed E-state index contributed by atoms with van der Waals surface area (Å²) in [7, 11) is 1.24. The number of carbonyl (C=O) groups is 2. The van der Waals surface area contributed by atoms with Gasteiger partial charge in [-0.05, 0) is 33.3 Å². The molecule has 0 fully saturated rings. The number of aryl methyl sites for hydroxylation is 1. The Labute approximate surface area is 122 Å². The maximum absolute atomic E-state index is 11.8. The number of hydrogen-bond acceptors (Lipinski definition) is 5. The number of ether oxygens (including phenoxy) is 2. The van der Waals surface area contributed by atoms with Crippen molar-refractivity contribution in [3.63, 3.8) is 0 Å². The summed E-state index contributed by atoms with van der Waals surface area (Å²) < 4.78 is 9.79. The summed E-state index contributed by atoms with van der Waals surface area (Å²) in [5, 5.41) is 2.42. The molecule has 1 heterocycles. The van der Waals surface area contributed by atoms with Crippen molar-refractivity contribution < 1.29 is 19.1 Å². The van der Waals surface area contributed by atoms with Crippen LogP contribution in [0.25, 0.3) is 0 Å². The SMILES string of the molecule is COC(=O)c1c(C)cnc(Cl)c1NC(=O)OC(C)(C)C. The van der Waals surface area contributed by atoms with Crippen molar-refractivity contribution in [2.75, 3.05) is 12.4 Å². The lowest BCUT2D eigenvalue weighted by molar-refractivity contribution is 0.0601. The van der Waals surface area contributed by atoms with Gasteiger partial charge in [0.15, 0.2) is 5.15 Å². The third-order valence-electron chi connectivity index (χ3n) is 2.24. The minimum Gasteiger partial charge on any atom is -0.465 e. The van der Waals surface area contributed by atoms with Crippen LogP contribution in [0.1, 0.15) is 36.7 Å². The molecule has 0 bridgehead atoms. The Morgan fingerprint density at radius 3 is 2.45 bits per heavy atom. The Balaban J connectivity index is 3.14. The minimum atomic E-state index is -0.725. The number of hydrogen-bond donors (Lipinski definition) is 1. The van der Waals surface area contributed by atoms with Crippen LogP contribution in [0.3, 0.4) is 0 Å². The second-order valence-electron chi connectivity index (χ2n) is 5.10. The molecule has 20 heavy (non-hydrogen) atoms. The van der Waals surface area contributed by atoms with Crippen LogP contribution >= 0.6 is 11.6 Å². The van der Waals surface area contributed by atoms with Gasteiger partial charge in [0.25, 0.3) is 0 Å². The number of methoxy groups -OCH3 is 1. The summed E-state index contributed by atoms with van der Waals surface area (Å²) in [6, 6.07) is 0. The smallest absolute Gasteiger partial charge is 0.412 e. The van der Waals surface area contributed by atoms with Gasteiger partial charge in [0.05, 0.1) is 18.4 Å². The third-order valence-corrected chi connectivity index (χ3v) is 2.52. The second-order valence-corrected chi connectivity index (χ2v) is 5.46. The van der Waals surface area contributed by atoms with Gasteiger partial charge in [-0.1, -0.05) is 11.6 Å². The molecule has 0 saturated carbocycles. The highest BCUT2D eigenvalue weighted by molar-refractivity contribution is 6.33. The molecule has 0 unspecified atom stereocenters. The summed E-state index contributed by atoms with van der Waals surface area (Å²) >= 11 is 5.93. The molecule has 6 nitrogen and oxygen atoms in total. The number of pyridine rings is 1. The lowest BCUT2D eigenvalue weighted by atomic mass is 10.1. The van der Waals surface area contributed by atoms with Crippen molar-refractivity contribution >= 4 is 29.4 Å². The number of halogens is 1. The van der Waals surface area contributed by atoms with Crippen LogP contribution in [0, 0.1) is 6.92 Å². The molecule has 0 aromatic carbocycles. The van der Waals surface area contributed by atoms with Crippen molar-refractivity contribution in [2.45, 2.75) is 33.3 Å². The lowest BCUT2D eigenvalue weighted by Gasteiger charge is -2.20. The average Bonchev–Trinajstić information content (AvgIpc) is 2.31. The van der Waals surface area contributed by atoms with E-state index >= 15 is 0 Å². The highest BCUT2D eigenvalue weighted by Crippen LogP contribution is 2.27. The summed E-state index contributed by atoms with van der Waals surface area (Å²) in [5.41, 5.74) is 0.0950. The maximum Gasteiger partial charge on any atom is 0.412 e. The van der Waals surface area contributed by atoms with E-state index in [2.05, 4.69) is 15.0 Å². The largest absolute Gasteiger partial charge is 0.465 e. The predicted molar refractivity (Wildman–Crippen MR) is 75.2 cm³/mol. The summed E-state index contributed by atoms with van der Waals surface area (Å²) in [5.74, 6) is -0.613. The summed E-state index contributed by atoms with van der Waals surface area (Å²) in [6.45, 7) is 6.84. The zero-order valence-electron chi connectivity index (χ0n) is 12.0. The number of amides is 1. The molecule has 0 atom stereocenters. The Bertz CT molecular complexity index is 538. The van der Waals surface area contributed by atoms with Gasteiger partial charge in [-0.25, -0.2) is 14.6 Å². The van der Waals surface area contributed by atoms with Crippen LogP contribution in [0.5, 0.6) is 0 Å². The van der Waals surface area contributed by atoms with Crippen LogP contribution in [-0.4, -0.2) is 29.8 Å². The molecule has 1 amide bonds. The van der Waals surface area contributed by atoms with Crippen LogP contribution in [-0.2, 0) is 9.47 Å². The van der Waals surface area contributed by atoms with Crippen LogP contribution in [0.4, 0.5) is 10.5 Å². The standard InChI is InChI=1S/C13H17ClN2O4/c1-7-6-15-10(14)9(8(7)11(17)19-5)16-12(18)20-13(2,3)4/h6H,1-5H3,(H,16,18). The highest BCUT2D eigenvalue weighted by atomic mass is 35.5. The Morgan fingerprint density at radius 2 is 1.95 bits per heavy atom. The molecule has 1 aromatic heterocycles. The molecule has 0 saturated heterocycles. The molecule has 1 aromatic rings. The predicted octanol–water partition coefficient (Wildman–Crippen LogP) is 3.18. The Morgan fingerprint density at radius 1 is 1.35 bits per heavy atom. The number of esters is 1. The molecule has 7 heteroatoms. The first kappa shape index (κ1) is 16.2. The van der Waals surface area contributed by atoms with E-state index in [4.69, 9.17) is 16.3 Å². The molecule has 1 rings (SSSR count). The normalized spacial score (nSPS) is 10.9. The molecule has 1 N–H and O–H groups in total. The van der Waals surface area contributed by atoms with E-state index in [1.165, 1.54) is 13.3 Å². The Hall–Kier alpha value is -1.82. The van der Waals surface area contributed by atoms with Crippen molar-refractivity contribution in [3.05, 3.63) is 22.5 Å². The zero-order valence-corrected chi connectivity index (χ0v) is 12.8. The quantitative estimate of drug-likeness (QED) is 0.670. The van der Waals surface area contributed by atoms with Crippen molar-refractivity contribution in [1.82, 2.24) is 4.98 Å². The van der Waals surface area contributed by atoms with E-state index in [1.54, 1.807) is 27.7 Å².